The Morgan fingerprint density at radius 2 is 1.94 bits per heavy atom. The van der Waals surface area contributed by atoms with E-state index in [1.165, 1.54) is 0 Å². The van der Waals surface area contributed by atoms with Gasteiger partial charge in [0.2, 0.25) is 5.82 Å². The van der Waals surface area contributed by atoms with Crippen LogP contribution in [0.15, 0.2) is 53.2 Å². The zero-order valence-electron chi connectivity index (χ0n) is 16.2. The Balaban J connectivity index is 1.49. The molecule has 0 fully saturated rings. The lowest BCUT2D eigenvalue weighted by Crippen LogP contribution is -2.27. The maximum atomic E-state index is 12.7. The summed E-state index contributed by atoms with van der Waals surface area (Å²) in [4.78, 5) is 15.7. The first-order valence-electron chi connectivity index (χ1n) is 9.27. The average Bonchev–Trinajstić information content (AvgIpc) is 3.34. The minimum absolute atomic E-state index is 0.128. The largest absolute Gasteiger partial charge is 0.471 e. The summed E-state index contributed by atoms with van der Waals surface area (Å²) in [6.45, 7) is 2.81. The average molecular weight is 449 g/mol. The van der Waals surface area contributed by atoms with Gasteiger partial charge in [-0.1, -0.05) is 16.8 Å². The standard InChI is InChI=1S/C21H16ClF3N4O2/c1-12-11-29(9-8-26-19(30)13-2-5-15(22)6-3-13)17-7-4-14(10-16(12)17)18-27-20(31-28-18)21(23,24)25/h2-7,10-11H,8-9H2,1H3,(H,26,30). The molecule has 160 valence electrons. The number of nitrogens with zero attached hydrogens (tertiary/aromatic N) is 3. The molecule has 0 aliphatic carbocycles. The van der Waals surface area contributed by atoms with Crippen LogP contribution in [0.5, 0.6) is 0 Å². The summed E-state index contributed by atoms with van der Waals surface area (Å²) in [5.74, 6) is -1.71. The number of halogens is 4. The van der Waals surface area contributed by atoms with Gasteiger partial charge in [0.1, 0.15) is 0 Å². The van der Waals surface area contributed by atoms with E-state index in [1.54, 1.807) is 42.5 Å². The summed E-state index contributed by atoms with van der Waals surface area (Å²) >= 11 is 5.83. The quantitative estimate of drug-likeness (QED) is 0.461. The van der Waals surface area contributed by atoms with Gasteiger partial charge in [-0.3, -0.25) is 4.79 Å². The van der Waals surface area contributed by atoms with Gasteiger partial charge in [0, 0.05) is 46.3 Å². The van der Waals surface area contributed by atoms with E-state index in [0.29, 0.717) is 29.2 Å². The molecule has 0 atom stereocenters. The fraction of sp³-hybridized carbons (Fsp3) is 0.190. The number of carbonyl (C=O) groups is 1. The monoisotopic (exact) mass is 448 g/mol. The van der Waals surface area contributed by atoms with Gasteiger partial charge in [-0.15, -0.1) is 0 Å². The molecule has 0 saturated heterocycles. The molecule has 0 aliphatic heterocycles. The molecule has 0 bridgehead atoms. The Hall–Kier alpha value is -3.33. The number of rotatable bonds is 5. The number of carbonyl (C=O) groups excluding carboxylic acids is 1. The van der Waals surface area contributed by atoms with Crippen LogP contribution in [0.2, 0.25) is 5.02 Å². The van der Waals surface area contributed by atoms with E-state index in [9.17, 15) is 18.0 Å². The molecule has 6 nitrogen and oxygen atoms in total. The SMILES string of the molecule is Cc1cn(CCNC(=O)c2ccc(Cl)cc2)c2ccc(-c3noc(C(F)(F)F)n3)cc12. The Labute approximate surface area is 179 Å². The first kappa shape index (κ1) is 20.9. The smallest absolute Gasteiger partial charge is 0.350 e. The number of nitrogens with one attached hydrogen (secondary N) is 1. The van der Waals surface area contributed by atoms with Gasteiger partial charge in [-0.2, -0.15) is 18.2 Å². The minimum Gasteiger partial charge on any atom is -0.350 e. The van der Waals surface area contributed by atoms with Gasteiger partial charge in [0.15, 0.2) is 0 Å². The zero-order valence-corrected chi connectivity index (χ0v) is 17.0. The van der Waals surface area contributed by atoms with Crippen LogP contribution >= 0.6 is 11.6 Å². The number of fused-ring (bicyclic) bond motifs is 1. The second-order valence-corrected chi connectivity index (χ2v) is 7.36. The van der Waals surface area contributed by atoms with Crippen LogP contribution in [-0.4, -0.2) is 27.2 Å². The van der Waals surface area contributed by atoms with E-state index in [2.05, 4.69) is 20.0 Å². The minimum atomic E-state index is -4.69. The van der Waals surface area contributed by atoms with Crippen LogP contribution in [0.3, 0.4) is 0 Å². The molecule has 0 unspecified atom stereocenters. The first-order chi connectivity index (χ1) is 14.7. The van der Waals surface area contributed by atoms with Gasteiger partial charge in [0.25, 0.3) is 5.91 Å². The molecule has 10 heteroatoms. The lowest BCUT2D eigenvalue weighted by Gasteiger charge is -2.08. The van der Waals surface area contributed by atoms with Crippen molar-refractivity contribution in [3.8, 4) is 11.4 Å². The van der Waals surface area contributed by atoms with Gasteiger partial charge < -0.3 is 14.4 Å². The highest BCUT2D eigenvalue weighted by molar-refractivity contribution is 6.30. The summed E-state index contributed by atoms with van der Waals surface area (Å²) in [6.07, 6.45) is -2.77. The number of aromatic nitrogens is 3. The molecular formula is C21H16ClF3N4O2. The van der Waals surface area contributed by atoms with E-state index < -0.39 is 12.1 Å². The summed E-state index contributed by atoms with van der Waals surface area (Å²) in [7, 11) is 0. The van der Waals surface area contributed by atoms with Crippen LogP contribution in [0.25, 0.3) is 22.3 Å². The molecule has 2 aromatic heterocycles. The van der Waals surface area contributed by atoms with Crippen molar-refractivity contribution in [2.24, 2.45) is 0 Å². The van der Waals surface area contributed by atoms with Gasteiger partial charge in [-0.05, 0) is 55.0 Å². The number of aryl methyl sites for hydroxylation is 1. The van der Waals surface area contributed by atoms with Crippen molar-refractivity contribution in [2.75, 3.05) is 6.54 Å². The highest BCUT2D eigenvalue weighted by atomic mass is 35.5. The van der Waals surface area contributed by atoms with E-state index in [4.69, 9.17) is 11.6 Å². The Morgan fingerprint density at radius 1 is 1.19 bits per heavy atom. The molecule has 1 amide bonds. The predicted molar refractivity (Wildman–Crippen MR) is 109 cm³/mol. The van der Waals surface area contributed by atoms with Crippen LogP contribution in [0, 0.1) is 6.92 Å². The summed E-state index contributed by atoms with van der Waals surface area (Å²) in [5.41, 5.74) is 2.74. The molecular weight excluding hydrogens is 433 g/mol. The molecule has 2 heterocycles. The van der Waals surface area contributed by atoms with Gasteiger partial charge >= 0.3 is 12.1 Å². The Morgan fingerprint density at radius 3 is 2.61 bits per heavy atom. The molecule has 0 radical (unpaired) electrons. The van der Waals surface area contributed by atoms with Gasteiger partial charge in [-0.25, -0.2) is 0 Å². The first-order valence-corrected chi connectivity index (χ1v) is 9.65. The maximum Gasteiger partial charge on any atom is 0.471 e. The second-order valence-electron chi connectivity index (χ2n) is 6.92. The van der Waals surface area contributed by atoms with Gasteiger partial charge in [0.05, 0.1) is 0 Å². The molecule has 0 aliphatic rings. The van der Waals surface area contributed by atoms with E-state index >= 15 is 0 Å². The third-order valence-electron chi connectivity index (χ3n) is 4.75. The van der Waals surface area contributed by atoms with Crippen LogP contribution in [-0.2, 0) is 12.7 Å². The Bertz CT molecular complexity index is 1250. The van der Waals surface area contributed by atoms with Crippen LogP contribution in [0.4, 0.5) is 13.2 Å². The summed E-state index contributed by atoms with van der Waals surface area (Å²) in [5, 5.41) is 7.69. The number of hydrogen-bond acceptors (Lipinski definition) is 4. The van der Waals surface area contributed by atoms with Crippen LogP contribution < -0.4 is 5.32 Å². The maximum absolute atomic E-state index is 12.7. The van der Waals surface area contributed by atoms with E-state index in [-0.39, 0.29) is 11.7 Å². The fourth-order valence-electron chi connectivity index (χ4n) is 3.25. The van der Waals surface area contributed by atoms with E-state index in [0.717, 1.165) is 16.5 Å². The molecule has 4 rings (SSSR count). The lowest BCUT2D eigenvalue weighted by molar-refractivity contribution is -0.159. The highest BCUT2D eigenvalue weighted by Gasteiger charge is 2.38. The molecule has 31 heavy (non-hydrogen) atoms. The number of benzene rings is 2. The van der Waals surface area contributed by atoms with Crippen molar-refractivity contribution < 1.29 is 22.5 Å². The number of hydrogen-bond donors (Lipinski definition) is 1. The molecule has 0 saturated carbocycles. The number of alkyl halides is 3. The molecule has 4 aromatic rings. The summed E-state index contributed by atoms with van der Waals surface area (Å²) < 4.78 is 44.4. The van der Waals surface area contributed by atoms with Crippen molar-refractivity contribution in [3.05, 3.63) is 70.7 Å². The number of amides is 1. The van der Waals surface area contributed by atoms with Crippen LogP contribution in [0.1, 0.15) is 21.8 Å². The third-order valence-corrected chi connectivity index (χ3v) is 5.00. The Kier molecular flexibility index (Phi) is 5.45. The van der Waals surface area contributed by atoms with Crippen molar-refractivity contribution in [1.82, 2.24) is 20.0 Å². The molecule has 0 spiro atoms. The second kappa shape index (κ2) is 8.07. The normalized spacial score (nSPS) is 11.8. The van der Waals surface area contributed by atoms with Crippen molar-refractivity contribution in [3.63, 3.8) is 0 Å². The zero-order chi connectivity index (χ0) is 22.2. The van der Waals surface area contributed by atoms with Crippen molar-refractivity contribution in [2.45, 2.75) is 19.6 Å². The molecule has 1 N–H and O–H groups in total. The third kappa shape index (κ3) is 4.41. The fourth-order valence-corrected chi connectivity index (χ4v) is 3.37. The van der Waals surface area contributed by atoms with E-state index in [1.807, 2.05) is 17.7 Å². The van der Waals surface area contributed by atoms with Crippen molar-refractivity contribution in [1.29, 1.82) is 0 Å². The molecule has 2 aromatic carbocycles. The topological polar surface area (TPSA) is 73.0 Å². The lowest BCUT2D eigenvalue weighted by atomic mass is 10.1. The predicted octanol–water partition coefficient (Wildman–Crippen LogP) is 5.10. The highest BCUT2D eigenvalue weighted by Crippen LogP contribution is 2.31. The summed E-state index contributed by atoms with van der Waals surface area (Å²) in [6, 6.07) is 11.7. The van der Waals surface area contributed by atoms with Crippen molar-refractivity contribution >= 4 is 28.4 Å².